The average molecular weight is 663 g/mol. The second-order valence-corrected chi connectivity index (χ2v) is 13.4. The van der Waals surface area contributed by atoms with Crippen molar-refractivity contribution >= 4 is 60.4 Å². The van der Waals surface area contributed by atoms with Gasteiger partial charge in [0.15, 0.2) is 0 Å². The summed E-state index contributed by atoms with van der Waals surface area (Å²) in [5, 5.41) is 7.47. The van der Waals surface area contributed by atoms with Gasteiger partial charge in [-0.15, -0.1) is 0 Å². The average Bonchev–Trinajstić information content (AvgIpc) is 3.55. The van der Waals surface area contributed by atoms with E-state index < -0.39 is 0 Å². The lowest BCUT2D eigenvalue weighted by molar-refractivity contribution is 1.18. The Bertz CT molecular complexity index is 2880. The maximum absolute atomic E-state index is 2.41. The van der Waals surface area contributed by atoms with Gasteiger partial charge < -0.3 is 9.47 Å². The Balaban J connectivity index is 1.18. The fourth-order valence-corrected chi connectivity index (χ4v) is 7.94. The highest BCUT2D eigenvalue weighted by atomic mass is 15.1. The molecule has 9 aromatic carbocycles. The molecule has 244 valence electrons. The Morgan fingerprint density at radius 1 is 0.327 bits per heavy atom. The lowest BCUT2D eigenvalue weighted by atomic mass is 9.96. The summed E-state index contributed by atoms with van der Waals surface area (Å²) in [4.78, 5) is 2.37. The first-order chi connectivity index (χ1) is 25.8. The van der Waals surface area contributed by atoms with Crippen LogP contribution in [0.15, 0.2) is 206 Å². The third-order valence-corrected chi connectivity index (χ3v) is 10.3. The zero-order valence-electron chi connectivity index (χ0n) is 28.5. The number of para-hydroxylation sites is 2. The third-order valence-electron chi connectivity index (χ3n) is 10.3. The molecule has 10 rings (SSSR count). The lowest BCUT2D eigenvalue weighted by Crippen LogP contribution is -2.09. The smallest absolute Gasteiger partial charge is 0.0547 e. The molecule has 10 aromatic rings. The summed E-state index contributed by atoms with van der Waals surface area (Å²) in [6, 6.07) is 74.7. The predicted molar refractivity (Wildman–Crippen MR) is 221 cm³/mol. The molecule has 0 fully saturated rings. The molecule has 0 aliphatic heterocycles. The van der Waals surface area contributed by atoms with Gasteiger partial charge in [-0.3, -0.25) is 0 Å². The predicted octanol–water partition coefficient (Wildman–Crippen LogP) is 13.9. The molecule has 0 bridgehead atoms. The van der Waals surface area contributed by atoms with Gasteiger partial charge >= 0.3 is 0 Å². The first-order valence-electron chi connectivity index (χ1n) is 17.9. The van der Waals surface area contributed by atoms with Crippen LogP contribution in [0.2, 0.25) is 0 Å². The van der Waals surface area contributed by atoms with Crippen molar-refractivity contribution in [2.45, 2.75) is 0 Å². The summed E-state index contributed by atoms with van der Waals surface area (Å²) in [6.45, 7) is 0. The molecular weight excluding hydrogens is 629 g/mol. The molecule has 2 heteroatoms. The minimum atomic E-state index is 1.11. The Morgan fingerprint density at radius 3 is 1.77 bits per heavy atom. The monoisotopic (exact) mass is 662 g/mol. The molecule has 1 heterocycles. The summed E-state index contributed by atoms with van der Waals surface area (Å²) in [6.07, 6.45) is 0. The van der Waals surface area contributed by atoms with E-state index in [2.05, 4.69) is 216 Å². The molecule has 0 saturated carbocycles. The van der Waals surface area contributed by atoms with Crippen molar-refractivity contribution in [2.24, 2.45) is 0 Å². The van der Waals surface area contributed by atoms with Crippen molar-refractivity contribution in [1.29, 1.82) is 0 Å². The fraction of sp³-hybridized carbons (Fsp3) is 0. The molecule has 0 unspecified atom stereocenters. The van der Waals surface area contributed by atoms with E-state index in [-0.39, 0.29) is 0 Å². The fourth-order valence-electron chi connectivity index (χ4n) is 7.94. The topological polar surface area (TPSA) is 8.17 Å². The van der Waals surface area contributed by atoms with Gasteiger partial charge in [-0.05, 0) is 111 Å². The Morgan fingerprint density at radius 2 is 0.942 bits per heavy atom. The van der Waals surface area contributed by atoms with Crippen LogP contribution in [0.5, 0.6) is 0 Å². The molecule has 1 aromatic heterocycles. The minimum Gasteiger partial charge on any atom is -0.310 e. The third kappa shape index (κ3) is 5.04. The molecule has 0 N–H and O–H groups in total. The maximum Gasteiger partial charge on any atom is 0.0547 e. The van der Waals surface area contributed by atoms with Gasteiger partial charge in [0.1, 0.15) is 0 Å². The molecule has 0 spiro atoms. The van der Waals surface area contributed by atoms with Gasteiger partial charge in [-0.2, -0.15) is 0 Å². The second kappa shape index (κ2) is 12.5. The molecule has 0 atom stereocenters. The molecule has 0 saturated heterocycles. The van der Waals surface area contributed by atoms with Gasteiger partial charge in [0.25, 0.3) is 0 Å². The molecule has 0 radical (unpaired) electrons. The van der Waals surface area contributed by atoms with Crippen molar-refractivity contribution in [3.63, 3.8) is 0 Å². The lowest BCUT2D eigenvalue weighted by Gasteiger charge is -2.26. The Labute approximate surface area is 303 Å². The van der Waals surface area contributed by atoms with Gasteiger partial charge in [-0.25, -0.2) is 0 Å². The second-order valence-electron chi connectivity index (χ2n) is 13.4. The zero-order chi connectivity index (χ0) is 34.4. The van der Waals surface area contributed by atoms with Gasteiger partial charge in [0, 0.05) is 33.5 Å². The number of aromatic nitrogens is 1. The van der Waals surface area contributed by atoms with Crippen molar-refractivity contribution in [3.8, 4) is 27.9 Å². The summed E-state index contributed by atoms with van der Waals surface area (Å²) in [5.74, 6) is 0. The number of anilines is 3. The first-order valence-corrected chi connectivity index (χ1v) is 17.9. The van der Waals surface area contributed by atoms with E-state index in [1.807, 2.05) is 0 Å². The van der Waals surface area contributed by atoms with Crippen LogP contribution in [0.3, 0.4) is 0 Å². The van der Waals surface area contributed by atoms with Crippen LogP contribution >= 0.6 is 0 Å². The highest BCUT2D eigenvalue weighted by Crippen LogP contribution is 2.43. The van der Waals surface area contributed by atoms with Gasteiger partial charge in [0.2, 0.25) is 0 Å². The van der Waals surface area contributed by atoms with Crippen molar-refractivity contribution in [3.05, 3.63) is 206 Å². The molecular formula is C50H34N2. The largest absolute Gasteiger partial charge is 0.310 e. The van der Waals surface area contributed by atoms with Gasteiger partial charge in [0.05, 0.1) is 11.0 Å². The van der Waals surface area contributed by atoms with Crippen LogP contribution in [0.4, 0.5) is 17.1 Å². The molecule has 2 nitrogen and oxygen atoms in total. The molecule has 0 aliphatic rings. The Kier molecular flexibility index (Phi) is 7.18. The minimum absolute atomic E-state index is 1.11. The van der Waals surface area contributed by atoms with Crippen LogP contribution in [-0.2, 0) is 0 Å². The first kappa shape index (κ1) is 30.0. The number of hydrogen-bond acceptors (Lipinski definition) is 1. The highest BCUT2D eigenvalue weighted by molar-refractivity contribution is 6.17. The number of benzene rings is 9. The van der Waals surface area contributed by atoms with E-state index in [4.69, 9.17) is 0 Å². The van der Waals surface area contributed by atoms with E-state index in [1.165, 1.54) is 65.6 Å². The van der Waals surface area contributed by atoms with Crippen molar-refractivity contribution < 1.29 is 0 Å². The van der Waals surface area contributed by atoms with Crippen molar-refractivity contribution in [2.75, 3.05) is 4.90 Å². The van der Waals surface area contributed by atoms with Crippen LogP contribution in [-0.4, -0.2) is 4.57 Å². The summed E-state index contributed by atoms with van der Waals surface area (Å²) in [5.41, 5.74) is 11.7. The number of hydrogen-bond donors (Lipinski definition) is 0. The van der Waals surface area contributed by atoms with E-state index in [0.717, 1.165) is 22.7 Å². The Hall–Kier alpha value is -6.90. The van der Waals surface area contributed by atoms with E-state index in [0.29, 0.717) is 0 Å². The number of rotatable bonds is 6. The standard InChI is InChI=1S/C50H34N2/c1-3-17-40(18-4-1)51(42-29-27-37(28-30-42)45-22-11-16-36-14-9-10-21-44(36)45)43-31-32-48-47(34-43)50-46(39-26-25-35-13-7-8-15-38(35)33-39)23-12-24-49(50)52(48)41-19-5-2-6-20-41/h1-34H. The zero-order valence-corrected chi connectivity index (χ0v) is 28.5. The SMILES string of the molecule is c1ccc(N(c2ccc(-c3cccc4ccccc34)cc2)c2ccc3c(c2)c2c(-c4ccc5ccccc5c4)cccc2n3-c2ccccc2)cc1. The molecule has 0 aliphatic carbocycles. The van der Waals surface area contributed by atoms with Crippen LogP contribution in [0.1, 0.15) is 0 Å². The number of fused-ring (bicyclic) bond motifs is 5. The molecule has 0 amide bonds. The summed E-state index contributed by atoms with van der Waals surface area (Å²) >= 11 is 0. The molecule has 52 heavy (non-hydrogen) atoms. The summed E-state index contributed by atoms with van der Waals surface area (Å²) in [7, 11) is 0. The van der Waals surface area contributed by atoms with Crippen molar-refractivity contribution in [1.82, 2.24) is 4.57 Å². The van der Waals surface area contributed by atoms with Gasteiger partial charge in [-0.1, -0.05) is 140 Å². The van der Waals surface area contributed by atoms with E-state index in [1.54, 1.807) is 0 Å². The highest BCUT2D eigenvalue weighted by Gasteiger charge is 2.20. The van der Waals surface area contributed by atoms with E-state index in [9.17, 15) is 0 Å². The maximum atomic E-state index is 2.41. The van der Waals surface area contributed by atoms with Crippen LogP contribution in [0.25, 0.3) is 71.3 Å². The van der Waals surface area contributed by atoms with Crippen LogP contribution in [0, 0.1) is 0 Å². The van der Waals surface area contributed by atoms with Crippen LogP contribution < -0.4 is 4.90 Å². The number of nitrogens with zero attached hydrogens (tertiary/aromatic N) is 2. The van der Waals surface area contributed by atoms with E-state index >= 15 is 0 Å². The summed E-state index contributed by atoms with van der Waals surface area (Å²) < 4.78 is 2.41. The quantitative estimate of drug-likeness (QED) is 0.172. The normalized spacial score (nSPS) is 11.5.